The largest absolute Gasteiger partial charge is 0.330 e. The van der Waals surface area contributed by atoms with E-state index < -0.39 is 0 Å². The maximum atomic E-state index is 6.73. The molecule has 0 bridgehead atoms. The molecule has 0 aliphatic rings. The fraction of sp³-hybridized carbons (Fsp3) is 1.00. The molecule has 0 rings (SSSR count). The molecule has 0 aliphatic carbocycles. The molecule has 2 nitrogen and oxygen atoms in total. The summed E-state index contributed by atoms with van der Waals surface area (Å²) in [5.41, 5.74) is 6.01. The first-order valence-electron chi connectivity index (χ1n) is 4.12. The third-order valence-electron chi connectivity index (χ3n) is 1.11. The molecule has 0 unspecified atom stereocenters. The van der Waals surface area contributed by atoms with Crippen molar-refractivity contribution in [1.82, 2.24) is 0 Å². The van der Waals surface area contributed by atoms with E-state index in [9.17, 15) is 0 Å². The van der Waals surface area contributed by atoms with Gasteiger partial charge in [0.1, 0.15) is 2.82 Å². The molecule has 0 fully saturated rings. The van der Waals surface area contributed by atoms with Crippen molar-refractivity contribution >= 4 is 0 Å². The van der Waals surface area contributed by atoms with Gasteiger partial charge < -0.3 is 11.5 Å². The second-order valence-corrected chi connectivity index (χ2v) is 1.93. The lowest BCUT2D eigenvalue weighted by atomic mass is 10.2. The third kappa shape index (κ3) is 5.92. The Morgan fingerprint density at radius 2 is 1.62 bits per heavy atom. The zero-order valence-electron chi connectivity index (χ0n) is 7.27. The molecule has 0 heterocycles. The van der Waals surface area contributed by atoms with Crippen LogP contribution in [0.4, 0.5) is 0 Å². The fourth-order valence-electron chi connectivity index (χ4n) is 0.610. The number of rotatable bonds is 6. The van der Waals surface area contributed by atoms with Crippen molar-refractivity contribution in [3.05, 3.63) is 0 Å². The smallest absolute Gasteiger partial charge is 0.118 e. The minimum Gasteiger partial charge on any atom is -0.330 e. The van der Waals surface area contributed by atoms with Crippen molar-refractivity contribution in [2.75, 3.05) is 13.1 Å². The van der Waals surface area contributed by atoms with E-state index in [1.165, 1.54) is 0 Å². The second kappa shape index (κ2) is 6.92. The van der Waals surface area contributed by atoms with Crippen molar-refractivity contribution in [3.63, 3.8) is 0 Å². The first-order chi connectivity index (χ1) is 4.77. The summed E-state index contributed by atoms with van der Waals surface area (Å²) in [6.07, 6.45) is 4.22. The summed E-state index contributed by atoms with van der Waals surface area (Å²) < 4.78 is 13.5. The molecule has 0 spiro atoms. The average molecular weight is 118 g/mol. The Morgan fingerprint density at radius 1 is 1.00 bits per heavy atom. The van der Waals surface area contributed by atoms with Crippen LogP contribution < -0.4 is 11.5 Å². The summed E-state index contributed by atoms with van der Waals surface area (Å²) >= 11 is 0. The van der Waals surface area contributed by atoms with Gasteiger partial charge in [-0.3, -0.25) is 0 Å². The second-order valence-electron chi connectivity index (χ2n) is 1.93. The number of nitrogens with two attached hydrogens (primary N) is 2. The molecule has 0 aromatic rings. The lowest BCUT2D eigenvalue weighted by Gasteiger charge is -1.94. The van der Waals surface area contributed by atoms with Crippen LogP contribution in [0.15, 0.2) is 0 Å². The van der Waals surface area contributed by atoms with E-state index in [1.807, 2.05) is 0 Å². The lowest BCUT2D eigenvalue weighted by Crippen LogP contribution is -2.00. The molecule has 0 atom stereocenters. The highest BCUT2D eigenvalue weighted by Crippen LogP contribution is 1.95. The molecule has 2 heteroatoms. The van der Waals surface area contributed by atoms with Gasteiger partial charge in [0.2, 0.25) is 0 Å². The van der Waals surface area contributed by atoms with Crippen molar-refractivity contribution in [2.24, 2.45) is 11.5 Å². The zero-order valence-corrected chi connectivity index (χ0v) is 5.27. The highest BCUT2D eigenvalue weighted by molar-refractivity contribution is 4.43. The van der Waals surface area contributed by atoms with Crippen LogP contribution in [0.5, 0.6) is 0 Å². The molecule has 8 heavy (non-hydrogen) atoms. The van der Waals surface area contributed by atoms with Crippen molar-refractivity contribution < 1.29 is 2.82 Å². The number of unbranched alkanes of at least 4 members (excludes halogenated alkanes) is 3. The summed E-state index contributed by atoms with van der Waals surface area (Å²) in [4.78, 5) is 0. The number of hydrogen-bond acceptors (Lipinski definition) is 2. The summed E-state index contributed by atoms with van der Waals surface area (Å²) in [7, 11) is 0. The van der Waals surface area contributed by atoms with E-state index in [2.05, 4.69) is 0 Å². The van der Waals surface area contributed by atoms with E-state index in [-0.39, 0.29) is 0 Å². The number of hydrogen-bond donors (Lipinski definition) is 2. The van der Waals surface area contributed by atoms with Crippen LogP contribution in [-0.2, 0) is 0 Å². The summed E-state index contributed by atoms with van der Waals surface area (Å²) in [6, 6.07) is 0. The van der Waals surface area contributed by atoms with Crippen molar-refractivity contribution in [3.8, 4) is 0 Å². The van der Waals surface area contributed by atoms with Gasteiger partial charge in [-0.1, -0.05) is 12.8 Å². The Labute approximate surface area is 54.2 Å². The molecule has 0 aliphatic heterocycles. The zero-order chi connectivity index (χ0) is 7.82. The van der Waals surface area contributed by atoms with Gasteiger partial charge in [0.15, 0.2) is 0 Å². The molecule has 0 saturated carbocycles. The van der Waals surface area contributed by atoms with Crippen LogP contribution in [0.2, 0.25) is 2.82 Å². The van der Waals surface area contributed by atoms with E-state index in [1.54, 1.807) is 0 Å². The standard InChI is InChI=1S/C6H16N2/c7-5-3-1-2-4-6-8/h1-8H2/i/hD2. The highest BCUT2D eigenvalue weighted by Gasteiger charge is 1.83. The van der Waals surface area contributed by atoms with Crippen molar-refractivity contribution in [2.45, 2.75) is 25.7 Å². The Bertz CT molecular complexity index is 68.8. The topological polar surface area (TPSA) is 52.0 Å². The summed E-state index contributed by atoms with van der Waals surface area (Å²) in [5.74, 6) is 0. The maximum Gasteiger partial charge on any atom is 0.118 e. The summed E-state index contributed by atoms with van der Waals surface area (Å²) in [5, 5.41) is 0. The monoisotopic (exact) mass is 118 g/mol. The molecule has 0 saturated heterocycles. The van der Waals surface area contributed by atoms with Gasteiger partial charge in [-0.15, -0.1) is 0 Å². The molecular formula is C6H16N2. The van der Waals surface area contributed by atoms with E-state index in [0.717, 1.165) is 37.9 Å². The first-order valence-corrected chi connectivity index (χ1v) is 3.22. The molecule has 0 aromatic heterocycles. The predicted octanol–water partition coefficient (Wildman–Crippen LogP) is 0.464. The summed E-state index contributed by atoms with van der Waals surface area (Å²) in [6.45, 7) is 1.30. The molecule has 50 valence electrons. The van der Waals surface area contributed by atoms with Crippen molar-refractivity contribution in [1.29, 1.82) is 0 Å². The average Bonchev–Trinajstić information content (AvgIpc) is 1.87. The van der Waals surface area contributed by atoms with E-state index in [0.29, 0.717) is 6.54 Å². The van der Waals surface area contributed by atoms with Gasteiger partial charge in [-0.2, -0.15) is 0 Å². The molecular weight excluding hydrogens is 100 g/mol. The molecule has 0 aromatic carbocycles. The van der Waals surface area contributed by atoms with E-state index in [4.69, 9.17) is 8.56 Å². The van der Waals surface area contributed by atoms with Crippen LogP contribution >= 0.6 is 0 Å². The maximum absolute atomic E-state index is 6.73. The fourth-order valence-corrected chi connectivity index (χ4v) is 0.610. The Balaban J connectivity index is 2.77. The Kier molecular flexibility index (Phi) is 4.12. The minimum atomic E-state index is 0.546. The van der Waals surface area contributed by atoms with Gasteiger partial charge in [0, 0.05) is 0 Å². The minimum absolute atomic E-state index is 0.546. The van der Waals surface area contributed by atoms with Gasteiger partial charge >= 0.3 is 0 Å². The third-order valence-corrected chi connectivity index (χ3v) is 1.11. The quantitative estimate of drug-likeness (QED) is 0.498. The molecule has 0 amide bonds. The molecule has 0 radical (unpaired) electrons. The van der Waals surface area contributed by atoms with E-state index >= 15 is 0 Å². The highest BCUT2D eigenvalue weighted by atomic mass is 14.5. The lowest BCUT2D eigenvalue weighted by molar-refractivity contribution is 0.653. The predicted molar refractivity (Wildman–Crippen MR) is 36.6 cm³/mol. The first kappa shape index (κ1) is 4.77. The SMILES string of the molecule is [2H]N([2H])CCCCCCN. The van der Waals surface area contributed by atoms with Gasteiger partial charge in [0.05, 0.1) is 0 Å². The van der Waals surface area contributed by atoms with Crippen LogP contribution in [-0.4, -0.2) is 13.1 Å². The van der Waals surface area contributed by atoms with Gasteiger partial charge in [-0.05, 0) is 25.9 Å². The normalized spacial score (nSPS) is 13.8. The Morgan fingerprint density at radius 3 is 2.12 bits per heavy atom. The van der Waals surface area contributed by atoms with Crippen LogP contribution in [0.1, 0.15) is 25.7 Å². The Hall–Kier alpha value is -0.0800. The van der Waals surface area contributed by atoms with Crippen LogP contribution in [0.25, 0.3) is 0 Å². The van der Waals surface area contributed by atoms with Gasteiger partial charge in [-0.25, -0.2) is 0 Å². The molecule has 4 N–H and O–H groups in total. The van der Waals surface area contributed by atoms with Crippen LogP contribution in [0, 0.1) is 0 Å². The van der Waals surface area contributed by atoms with Gasteiger partial charge in [0.25, 0.3) is 0 Å². The van der Waals surface area contributed by atoms with Crippen LogP contribution in [0.3, 0.4) is 0 Å².